The number of anilines is 2. The summed E-state index contributed by atoms with van der Waals surface area (Å²) >= 11 is 5.64. The van der Waals surface area contributed by atoms with Gasteiger partial charge in [0.25, 0.3) is 0 Å². The molecule has 2 N–H and O–H groups in total. The van der Waals surface area contributed by atoms with Gasteiger partial charge in [0.2, 0.25) is 5.95 Å². The van der Waals surface area contributed by atoms with Crippen LogP contribution < -0.4 is 5.32 Å². The van der Waals surface area contributed by atoms with Gasteiger partial charge in [-0.2, -0.15) is 18.2 Å². The Hall–Kier alpha value is -2.29. The normalized spacial score (nSPS) is 12.3. The average Bonchev–Trinajstić information content (AvgIpc) is 3.03. The highest BCUT2D eigenvalue weighted by Gasteiger charge is 2.34. The number of nitrogens with zero attached hydrogens (tertiary/aromatic N) is 3. The van der Waals surface area contributed by atoms with Crippen LogP contribution >= 0.6 is 11.6 Å². The molecule has 2 heterocycles. The lowest BCUT2D eigenvalue weighted by Gasteiger charge is -2.07. The van der Waals surface area contributed by atoms with Crippen LogP contribution in [0.25, 0.3) is 11.1 Å². The third-order valence-corrected chi connectivity index (χ3v) is 3.37. The van der Waals surface area contributed by atoms with Crippen molar-refractivity contribution in [3.8, 4) is 0 Å². The van der Waals surface area contributed by atoms with E-state index in [4.69, 9.17) is 16.0 Å². The number of aromatic amines is 1. The van der Waals surface area contributed by atoms with Crippen molar-refractivity contribution in [1.82, 2.24) is 20.2 Å². The van der Waals surface area contributed by atoms with Crippen LogP contribution in [0.3, 0.4) is 0 Å². The summed E-state index contributed by atoms with van der Waals surface area (Å²) in [7, 11) is 0. The SMILES string of the molecule is CC(C)c1nnc(Nc2nc3cc(C(F)(F)F)c(Cl)cc3o2)[nH]1. The molecule has 3 rings (SSSR count). The molecule has 1 aromatic carbocycles. The minimum absolute atomic E-state index is 0.0122. The fourth-order valence-corrected chi connectivity index (χ4v) is 2.17. The van der Waals surface area contributed by atoms with Gasteiger partial charge in [-0.25, -0.2) is 0 Å². The van der Waals surface area contributed by atoms with Crippen molar-refractivity contribution in [3.05, 3.63) is 28.5 Å². The van der Waals surface area contributed by atoms with Crippen molar-refractivity contribution < 1.29 is 17.6 Å². The molecule has 2 aromatic heterocycles. The van der Waals surface area contributed by atoms with E-state index < -0.39 is 16.8 Å². The van der Waals surface area contributed by atoms with Crippen LogP contribution in [0.5, 0.6) is 0 Å². The first-order valence-electron chi connectivity index (χ1n) is 6.61. The van der Waals surface area contributed by atoms with Gasteiger partial charge in [0.05, 0.1) is 10.6 Å². The maximum Gasteiger partial charge on any atom is 0.417 e. The molecule has 0 spiro atoms. The van der Waals surface area contributed by atoms with Crippen LogP contribution in [0.15, 0.2) is 16.5 Å². The predicted molar refractivity (Wildman–Crippen MR) is 77.8 cm³/mol. The zero-order valence-corrected chi connectivity index (χ0v) is 12.7. The van der Waals surface area contributed by atoms with E-state index in [0.717, 1.165) is 12.1 Å². The fraction of sp³-hybridized carbons (Fsp3) is 0.308. The van der Waals surface area contributed by atoms with Gasteiger partial charge in [-0.15, -0.1) is 10.2 Å². The number of halogens is 4. The third kappa shape index (κ3) is 3.09. The minimum Gasteiger partial charge on any atom is -0.423 e. The van der Waals surface area contributed by atoms with E-state index in [1.54, 1.807) is 0 Å². The second kappa shape index (κ2) is 5.41. The number of benzene rings is 1. The molecule has 0 amide bonds. The van der Waals surface area contributed by atoms with Gasteiger partial charge in [0.1, 0.15) is 11.3 Å². The highest BCUT2D eigenvalue weighted by atomic mass is 35.5. The molecule has 0 unspecified atom stereocenters. The molecule has 0 aliphatic carbocycles. The maximum absolute atomic E-state index is 12.8. The Balaban J connectivity index is 1.93. The Labute approximate surface area is 133 Å². The van der Waals surface area contributed by atoms with Crippen molar-refractivity contribution >= 4 is 34.7 Å². The Kier molecular flexibility index (Phi) is 3.67. The number of aromatic nitrogens is 4. The zero-order valence-electron chi connectivity index (χ0n) is 12.0. The molecule has 3 aromatic rings. The average molecular weight is 346 g/mol. The highest BCUT2D eigenvalue weighted by molar-refractivity contribution is 6.32. The molecular formula is C13H11ClF3N5O. The summed E-state index contributed by atoms with van der Waals surface area (Å²) < 4.78 is 43.8. The molecule has 0 saturated carbocycles. The van der Waals surface area contributed by atoms with E-state index >= 15 is 0 Å². The lowest BCUT2D eigenvalue weighted by molar-refractivity contribution is -0.137. The summed E-state index contributed by atoms with van der Waals surface area (Å²) in [5.41, 5.74) is -0.796. The first kappa shape index (κ1) is 15.6. The summed E-state index contributed by atoms with van der Waals surface area (Å²) in [6.45, 7) is 3.87. The smallest absolute Gasteiger partial charge is 0.417 e. The van der Waals surface area contributed by atoms with Crippen molar-refractivity contribution in [2.45, 2.75) is 25.9 Å². The lowest BCUT2D eigenvalue weighted by Crippen LogP contribution is -2.05. The second-order valence-electron chi connectivity index (χ2n) is 5.16. The van der Waals surface area contributed by atoms with Crippen LogP contribution in [0.4, 0.5) is 25.1 Å². The van der Waals surface area contributed by atoms with Crippen molar-refractivity contribution in [2.24, 2.45) is 0 Å². The van der Waals surface area contributed by atoms with Crippen molar-refractivity contribution in [1.29, 1.82) is 0 Å². The van der Waals surface area contributed by atoms with E-state index in [1.165, 1.54) is 0 Å². The van der Waals surface area contributed by atoms with Gasteiger partial charge in [0, 0.05) is 12.0 Å². The Morgan fingerprint density at radius 3 is 2.61 bits per heavy atom. The molecule has 6 nitrogen and oxygen atoms in total. The van der Waals surface area contributed by atoms with Gasteiger partial charge < -0.3 is 9.40 Å². The van der Waals surface area contributed by atoms with Gasteiger partial charge in [0.15, 0.2) is 5.58 Å². The third-order valence-electron chi connectivity index (χ3n) is 3.06. The van der Waals surface area contributed by atoms with Gasteiger partial charge >= 0.3 is 12.2 Å². The monoisotopic (exact) mass is 345 g/mol. The van der Waals surface area contributed by atoms with Crippen LogP contribution in [-0.4, -0.2) is 20.2 Å². The van der Waals surface area contributed by atoms with E-state index in [-0.39, 0.29) is 29.0 Å². The number of hydrogen-bond donors (Lipinski definition) is 2. The van der Waals surface area contributed by atoms with Gasteiger partial charge in [-0.1, -0.05) is 25.4 Å². The van der Waals surface area contributed by atoms with E-state index in [2.05, 4.69) is 25.5 Å². The molecule has 0 radical (unpaired) electrons. The summed E-state index contributed by atoms with van der Waals surface area (Å²) in [5, 5.41) is 10.0. The standard InChI is InChI=1S/C13H11ClF3N5O/c1-5(2)10-19-11(22-21-10)20-12-18-8-3-6(13(15,16)17)7(14)4-9(8)23-12/h3-5H,1-2H3,(H2,18,19,20,21,22). The zero-order chi connectivity index (χ0) is 16.8. The topological polar surface area (TPSA) is 79.6 Å². The van der Waals surface area contributed by atoms with Gasteiger partial charge in [-0.3, -0.25) is 5.32 Å². The predicted octanol–water partition coefficient (Wildman–Crippen LogP) is 4.49. The van der Waals surface area contributed by atoms with Crippen LogP contribution in [0, 0.1) is 0 Å². The number of rotatable bonds is 3. The molecule has 10 heteroatoms. The van der Waals surface area contributed by atoms with Crippen LogP contribution in [0.2, 0.25) is 5.02 Å². The van der Waals surface area contributed by atoms with Crippen LogP contribution in [0.1, 0.15) is 31.2 Å². The molecule has 0 fully saturated rings. The number of oxazole rings is 1. The van der Waals surface area contributed by atoms with Crippen LogP contribution in [-0.2, 0) is 6.18 Å². The fourth-order valence-electron chi connectivity index (χ4n) is 1.91. The van der Waals surface area contributed by atoms with E-state index in [0.29, 0.717) is 5.82 Å². The quantitative estimate of drug-likeness (QED) is 0.731. The summed E-state index contributed by atoms with van der Waals surface area (Å²) in [6.07, 6.45) is -4.56. The summed E-state index contributed by atoms with van der Waals surface area (Å²) in [5.74, 6) is 1.09. The number of H-pyrrole nitrogens is 1. The van der Waals surface area contributed by atoms with Crippen molar-refractivity contribution in [2.75, 3.05) is 5.32 Å². The minimum atomic E-state index is -4.56. The Morgan fingerprint density at radius 1 is 1.26 bits per heavy atom. The Morgan fingerprint density at radius 2 is 2.00 bits per heavy atom. The maximum atomic E-state index is 12.8. The summed E-state index contributed by atoms with van der Waals surface area (Å²) in [4.78, 5) is 6.87. The molecular weight excluding hydrogens is 335 g/mol. The first-order valence-corrected chi connectivity index (χ1v) is 6.98. The molecule has 0 aliphatic heterocycles. The molecule has 0 aliphatic rings. The van der Waals surface area contributed by atoms with E-state index in [1.807, 2.05) is 13.8 Å². The number of alkyl halides is 3. The molecule has 0 bridgehead atoms. The largest absolute Gasteiger partial charge is 0.423 e. The molecule has 122 valence electrons. The molecule has 23 heavy (non-hydrogen) atoms. The molecule has 0 atom stereocenters. The lowest BCUT2D eigenvalue weighted by atomic mass is 10.2. The second-order valence-corrected chi connectivity index (χ2v) is 5.56. The van der Waals surface area contributed by atoms with Gasteiger partial charge in [-0.05, 0) is 6.07 Å². The summed E-state index contributed by atoms with van der Waals surface area (Å²) in [6, 6.07) is 1.91. The van der Waals surface area contributed by atoms with Crippen molar-refractivity contribution in [3.63, 3.8) is 0 Å². The van der Waals surface area contributed by atoms with E-state index in [9.17, 15) is 13.2 Å². The molecule has 0 saturated heterocycles. The number of hydrogen-bond acceptors (Lipinski definition) is 5. The first-order chi connectivity index (χ1) is 10.7. The number of fused-ring (bicyclic) bond motifs is 1. The Bertz CT molecular complexity index is 855. The highest BCUT2D eigenvalue weighted by Crippen LogP contribution is 2.37. The number of nitrogens with one attached hydrogen (secondary N) is 2.